The average molecular weight is 514 g/mol. The third-order valence-electron chi connectivity index (χ3n) is 8.46. The van der Waals surface area contributed by atoms with Crippen LogP contribution in [0.15, 0.2) is 60.7 Å². The van der Waals surface area contributed by atoms with E-state index in [9.17, 15) is 9.59 Å². The minimum Gasteiger partial charge on any atom is -0.496 e. The van der Waals surface area contributed by atoms with Gasteiger partial charge in [-0.3, -0.25) is 9.59 Å². The summed E-state index contributed by atoms with van der Waals surface area (Å²) >= 11 is 0. The highest BCUT2D eigenvalue weighted by Crippen LogP contribution is 2.37. The summed E-state index contributed by atoms with van der Waals surface area (Å²) < 4.78 is 5.59. The summed E-state index contributed by atoms with van der Waals surface area (Å²) in [5.41, 5.74) is 2.07. The Morgan fingerprint density at radius 3 is 2.24 bits per heavy atom. The summed E-state index contributed by atoms with van der Waals surface area (Å²) in [7, 11) is 5.73. The van der Waals surface area contributed by atoms with Crippen LogP contribution in [0.1, 0.15) is 66.8 Å². The highest BCUT2D eigenvalue weighted by molar-refractivity contribution is 6.11. The minimum absolute atomic E-state index is 0.0817. The molecule has 6 nitrogen and oxygen atoms in total. The van der Waals surface area contributed by atoms with E-state index in [0.717, 1.165) is 54.3 Å². The molecule has 38 heavy (non-hydrogen) atoms. The van der Waals surface area contributed by atoms with Gasteiger partial charge in [0.2, 0.25) is 5.91 Å². The van der Waals surface area contributed by atoms with Crippen LogP contribution in [0.25, 0.3) is 10.8 Å². The molecule has 6 heteroatoms. The van der Waals surface area contributed by atoms with Crippen LogP contribution in [0, 0.1) is 0 Å². The van der Waals surface area contributed by atoms with Crippen molar-refractivity contribution in [3.8, 4) is 5.75 Å². The van der Waals surface area contributed by atoms with Gasteiger partial charge in [0.15, 0.2) is 0 Å². The van der Waals surface area contributed by atoms with E-state index >= 15 is 0 Å². The molecule has 1 aliphatic carbocycles. The van der Waals surface area contributed by atoms with Crippen molar-refractivity contribution in [1.29, 1.82) is 0 Å². The summed E-state index contributed by atoms with van der Waals surface area (Å²) in [5, 5.41) is 5.23. The molecule has 1 saturated carbocycles. The molecule has 0 unspecified atom stereocenters. The second-order valence-electron chi connectivity index (χ2n) is 11.0. The van der Waals surface area contributed by atoms with Gasteiger partial charge in [0.05, 0.1) is 7.11 Å². The van der Waals surface area contributed by atoms with Crippen molar-refractivity contribution < 1.29 is 14.3 Å². The Bertz CT molecular complexity index is 1300. The molecule has 0 atom stereocenters. The molecule has 1 heterocycles. The van der Waals surface area contributed by atoms with Crippen molar-refractivity contribution in [3.63, 3.8) is 0 Å². The normalized spacial score (nSPS) is 17.7. The van der Waals surface area contributed by atoms with Crippen LogP contribution < -0.4 is 15.0 Å². The highest BCUT2D eigenvalue weighted by atomic mass is 16.5. The van der Waals surface area contributed by atoms with E-state index in [1.165, 1.54) is 5.56 Å². The third-order valence-corrected chi connectivity index (χ3v) is 8.46. The van der Waals surface area contributed by atoms with Gasteiger partial charge in [-0.25, -0.2) is 0 Å². The number of nitrogens with one attached hydrogen (secondary N) is 1. The van der Waals surface area contributed by atoms with Crippen LogP contribution in [0.5, 0.6) is 5.75 Å². The molecule has 0 radical (unpaired) electrons. The molecule has 200 valence electrons. The maximum Gasteiger partial charge on any atom is 0.252 e. The fraction of sp³-hybridized carbons (Fsp3) is 0.438. The van der Waals surface area contributed by atoms with Gasteiger partial charge in [0.25, 0.3) is 5.91 Å². The zero-order valence-electron chi connectivity index (χ0n) is 22.8. The van der Waals surface area contributed by atoms with E-state index < -0.39 is 5.54 Å². The molecule has 1 N–H and O–H groups in total. The Balaban J connectivity index is 1.36. The molecule has 0 aromatic heterocycles. The van der Waals surface area contributed by atoms with Crippen molar-refractivity contribution in [3.05, 3.63) is 71.8 Å². The molecular weight excluding hydrogens is 474 g/mol. The van der Waals surface area contributed by atoms with Crippen molar-refractivity contribution in [2.75, 3.05) is 39.2 Å². The molecule has 1 aliphatic heterocycles. The average Bonchev–Trinajstić information content (AvgIpc) is 2.96. The molecular formula is C32H39N3O3. The number of hydrogen-bond donors (Lipinski definition) is 1. The van der Waals surface area contributed by atoms with Crippen molar-refractivity contribution in [2.45, 2.75) is 56.4 Å². The van der Waals surface area contributed by atoms with E-state index in [2.05, 4.69) is 28.4 Å². The molecule has 2 aliphatic rings. The van der Waals surface area contributed by atoms with Gasteiger partial charge in [0, 0.05) is 43.8 Å². The van der Waals surface area contributed by atoms with Crippen LogP contribution in [-0.4, -0.2) is 56.5 Å². The number of anilines is 1. The Morgan fingerprint density at radius 1 is 0.895 bits per heavy atom. The summed E-state index contributed by atoms with van der Waals surface area (Å²) in [6.07, 6.45) is 6.17. The first-order chi connectivity index (χ1) is 18.4. The number of benzene rings is 3. The molecule has 1 saturated heterocycles. The fourth-order valence-electron chi connectivity index (χ4n) is 6.40. The second-order valence-corrected chi connectivity index (χ2v) is 11.0. The first-order valence-corrected chi connectivity index (χ1v) is 13.9. The van der Waals surface area contributed by atoms with Gasteiger partial charge < -0.3 is 19.9 Å². The van der Waals surface area contributed by atoms with E-state index in [0.29, 0.717) is 37.4 Å². The Labute approximate surface area is 226 Å². The zero-order chi connectivity index (χ0) is 26.7. The number of carbonyl (C=O) groups excluding carboxylic acids is 2. The van der Waals surface area contributed by atoms with Gasteiger partial charge in [0.1, 0.15) is 11.3 Å². The lowest BCUT2D eigenvalue weighted by Gasteiger charge is -2.42. The summed E-state index contributed by atoms with van der Waals surface area (Å²) in [5.74, 6) is 1.21. The summed E-state index contributed by atoms with van der Waals surface area (Å²) in [6, 6.07) is 20.1. The van der Waals surface area contributed by atoms with E-state index in [4.69, 9.17) is 4.74 Å². The number of carbonyl (C=O) groups is 2. The predicted octanol–water partition coefficient (Wildman–Crippen LogP) is 5.75. The van der Waals surface area contributed by atoms with E-state index in [1.54, 1.807) is 7.11 Å². The first kappa shape index (κ1) is 26.1. The number of piperidine rings is 1. The van der Waals surface area contributed by atoms with Crippen LogP contribution in [0.3, 0.4) is 0 Å². The summed E-state index contributed by atoms with van der Waals surface area (Å²) in [6.45, 7) is 1.39. The van der Waals surface area contributed by atoms with Gasteiger partial charge in [-0.05, 0) is 60.7 Å². The Kier molecular flexibility index (Phi) is 7.59. The monoisotopic (exact) mass is 513 g/mol. The van der Waals surface area contributed by atoms with Gasteiger partial charge >= 0.3 is 0 Å². The lowest BCUT2D eigenvalue weighted by atomic mass is 9.79. The number of likely N-dealkylation sites (tertiary alicyclic amines) is 1. The van der Waals surface area contributed by atoms with Gasteiger partial charge in [-0.1, -0.05) is 61.7 Å². The third kappa shape index (κ3) is 4.96. The van der Waals surface area contributed by atoms with Crippen molar-refractivity contribution in [2.24, 2.45) is 0 Å². The number of hydrogen-bond acceptors (Lipinski definition) is 4. The SMILES string of the molecule is COc1ccccc1C1CCN(C(=O)C2(NC(=O)c3ccc(N(C)C)c4ccccc34)CCCCC2)CC1. The van der Waals surface area contributed by atoms with Gasteiger partial charge in [-0.15, -0.1) is 0 Å². The van der Waals surface area contributed by atoms with Gasteiger partial charge in [-0.2, -0.15) is 0 Å². The van der Waals surface area contributed by atoms with E-state index in [-0.39, 0.29) is 11.8 Å². The number of fused-ring (bicyclic) bond motifs is 1. The maximum atomic E-state index is 14.1. The lowest BCUT2D eigenvalue weighted by molar-refractivity contribution is -0.140. The molecule has 2 fully saturated rings. The molecule has 0 spiro atoms. The lowest BCUT2D eigenvalue weighted by Crippen LogP contribution is -2.61. The van der Waals surface area contributed by atoms with Crippen LogP contribution in [0.4, 0.5) is 5.69 Å². The standard InChI is InChI=1S/C32H39N3O3/c1-34(2)28-16-15-27(25-12-5-6-13-26(25)28)30(36)33-32(19-9-4-10-20-32)31(37)35-21-17-23(18-22-35)24-11-7-8-14-29(24)38-3/h5-8,11-16,23H,4,9-10,17-22H2,1-3H3,(H,33,36). The van der Waals surface area contributed by atoms with Crippen LogP contribution in [-0.2, 0) is 4.79 Å². The number of para-hydroxylation sites is 1. The largest absolute Gasteiger partial charge is 0.496 e. The number of amides is 2. The molecule has 3 aromatic carbocycles. The molecule has 2 amide bonds. The maximum absolute atomic E-state index is 14.1. The molecule has 0 bridgehead atoms. The number of rotatable bonds is 6. The highest BCUT2D eigenvalue weighted by Gasteiger charge is 2.44. The smallest absolute Gasteiger partial charge is 0.252 e. The first-order valence-electron chi connectivity index (χ1n) is 13.9. The second kappa shape index (κ2) is 11.1. The number of methoxy groups -OCH3 is 1. The van der Waals surface area contributed by atoms with Crippen molar-refractivity contribution in [1.82, 2.24) is 10.2 Å². The van der Waals surface area contributed by atoms with Crippen molar-refractivity contribution >= 4 is 28.3 Å². The topological polar surface area (TPSA) is 61.9 Å². The fourth-order valence-corrected chi connectivity index (χ4v) is 6.40. The summed E-state index contributed by atoms with van der Waals surface area (Å²) in [4.78, 5) is 31.9. The van der Waals surface area contributed by atoms with Crippen LogP contribution >= 0.6 is 0 Å². The van der Waals surface area contributed by atoms with E-state index in [1.807, 2.05) is 61.5 Å². The quantitative estimate of drug-likeness (QED) is 0.456. The molecule has 5 rings (SSSR count). The Morgan fingerprint density at radius 2 is 1.55 bits per heavy atom. The number of nitrogens with zero attached hydrogens (tertiary/aromatic N) is 2. The predicted molar refractivity (Wildman–Crippen MR) is 153 cm³/mol. The van der Waals surface area contributed by atoms with Crippen LogP contribution in [0.2, 0.25) is 0 Å². The minimum atomic E-state index is -0.839. The number of ether oxygens (including phenoxy) is 1. The molecule has 3 aromatic rings. The zero-order valence-corrected chi connectivity index (χ0v) is 22.8. The Hall–Kier alpha value is -3.54.